The molecular weight excluding hydrogens is 369 g/mol. The number of alkyl halides is 3. The topological polar surface area (TPSA) is 49.4 Å². The second kappa shape index (κ2) is 8.04. The number of nitrogens with zero attached hydrogens (tertiary/aromatic N) is 1. The Balaban J connectivity index is 1.61. The van der Waals surface area contributed by atoms with E-state index in [0.29, 0.717) is 18.7 Å². The lowest BCUT2D eigenvalue weighted by molar-refractivity contribution is -0.137. The molecule has 2 atom stereocenters. The van der Waals surface area contributed by atoms with E-state index in [1.165, 1.54) is 6.07 Å². The van der Waals surface area contributed by atoms with E-state index in [4.69, 9.17) is 0 Å². The molecule has 0 spiro atoms. The van der Waals surface area contributed by atoms with Crippen LogP contribution in [0.4, 0.5) is 13.2 Å². The van der Waals surface area contributed by atoms with Gasteiger partial charge in [-0.2, -0.15) is 13.2 Å². The van der Waals surface area contributed by atoms with Crippen LogP contribution in [0.1, 0.15) is 36.1 Å². The fourth-order valence-electron chi connectivity index (χ4n) is 3.30. The first kappa shape index (κ1) is 19.9. The second-order valence-electron chi connectivity index (χ2n) is 7.01. The van der Waals surface area contributed by atoms with Crippen molar-refractivity contribution in [3.63, 3.8) is 0 Å². The maximum absolute atomic E-state index is 12.9. The van der Waals surface area contributed by atoms with Gasteiger partial charge in [0.2, 0.25) is 11.8 Å². The molecule has 3 rings (SSSR count). The van der Waals surface area contributed by atoms with Crippen molar-refractivity contribution in [2.45, 2.75) is 32.1 Å². The zero-order valence-electron chi connectivity index (χ0n) is 15.4. The van der Waals surface area contributed by atoms with Crippen molar-refractivity contribution in [3.8, 4) is 0 Å². The summed E-state index contributed by atoms with van der Waals surface area (Å²) in [5.74, 6) is -0.936. The average Bonchev–Trinajstić information content (AvgIpc) is 3.02. The summed E-state index contributed by atoms with van der Waals surface area (Å²) in [5.41, 5.74) is 0.596. The summed E-state index contributed by atoms with van der Waals surface area (Å²) in [6.45, 7) is 2.37. The van der Waals surface area contributed by atoms with Gasteiger partial charge in [0, 0.05) is 19.5 Å². The van der Waals surface area contributed by atoms with Gasteiger partial charge in [-0.3, -0.25) is 9.59 Å². The van der Waals surface area contributed by atoms with Crippen LogP contribution < -0.4 is 5.32 Å². The Morgan fingerprint density at radius 3 is 2.57 bits per heavy atom. The number of halogens is 3. The van der Waals surface area contributed by atoms with Gasteiger partial charge in [0.15, 0.2) is 0 Å². The molecule has 1 N–H and O–H groups in total. The van der Waals surface area contributed by atoms with E-state index in [-0.39, 0.29) is 18.2 Å². The molecule has 0 radical (unpaired) electrons. The van der Waals surface area contributed by atoms with Crippen molar-refractivity contribution < 1.29 is 22.8 Å². The lowest BCUT2D eigenvalue weighted by Crippen LogP contribution is -2.34. The standard InChI is InChI=1S/C21H21F3N2O2/c1-14(16-8-5-9-18(10-16)21(22,23)24)25-20(28)17-11-19(27)26(13-17)12-15-6-3-2-4-7-15/h2-10,14,17H,11-13H2,1H3,(H,25,28). The molecule has 2 aromatic rings. The third-order valence-corrected chi connectivity index (χ3v) is 4.87. The predicted octanol–water partition coefficient (Wildman–Crippen LogP) is 3.93. The van der Waals surface area contributed by atoms with Gasteiger partial charge in [-0.05, 0) is 30.2 Å². The first-order valence-electron chi connectivity index (χ1n) is 9.03. The average molecular weight is 390 g/mol. The smallest absolute Gasteiger partial charge is 0.349 e. The maximum Gasteiger partial charge on any atom is 0.416 e. The number of nitrogens with one attached hydrogen (secondary N) is 1. The van der Waals surface area contributed by atoms with Crippen molar-refractivity contribution in [2.75, 3.05) is 6.54 Å². The highest BCUT2D eigenvalue weighted by Gasteiger charge is 2.35. The first-order chi connectivity index (χ1) is 13.2. The van der Waals surface area contributed by atoms with Crippen LogP contribution in [0.2, 0.25) is 0 Å². The Morgan fingerprint density at radius 1 is 1.18 bits per heavy atom. The highest BCUT2D eigenvalue weighted by atomic mass is 19.4. The summed E-state index contributed by atoms with van der Waals surface area (Å²) in [7, 11) is 0. The Labute approximate surface area is 161 Å². The lowest BCUT2D eigenvalue weighted by atomic mass is 10.0. The zero-order chi connectivity index (χ0) is 20.3. The predicted molar refractivity (Wildman–Crippen MR) is 98.0 cm³/mol. The number of amides is 2. The summed E-state index contributed by atoms with van der Waals surface area (Å²) in [6, 6.07) is 13.8. The minimum atomic E-state index is -4.43. The Hall–Kier alpha value is -2.83. The minimum Gasteiger partial charge on any atom is -0.349 e. The van der Waals surface area contributed by atoms with Crippen LogP contribution in [0.3, 0.4) is 0 Å². The lowest BCUT2D eigenvalue weighted by Gasteiger charge is -2.19. The Bertz CT molecular complexity index is 852. The van der Waals surface area contributed by atoms with Crippen molar-refractivity contribution >= 4 is 11.8 Å². The van der Waals surface area contributed by atoms with E-state index >= 15 is 0 Å². The molecule has 1 fully saturated rings. The minimum absolute atomic E-state index is 0.101. The molecule has 0 saturated carbocycles. The molecule has 1 aliphatic heterocycles. The molecule has 2 unspecified atom stereocenters. The van der Waals surface area contributed by atoms with Crippen LogP contribution >= 0.6 is 0 Å². The van der Waals surface area contributed by atoms with Crippen LogP contribution in [-0.4, -0.2) is 23.3 Å². The highest BCUT2D eigenvalue weighted by Crippen LogP contribution is 2.31. The van der Waals surface area contributed by atoms with Gasteiger partial charge < -0.3 is 10.2 Å². The number of carbonyl (C=O) groups excluding carboxylic acids is 2. The second-order valence-corrected chi connectivity index (χ2v) is 7.01. The summed E-state index contributed by atoms with van der Waals surface area (Å²) in [5, 5.41) is 2.74. The van der Waals surface area contributed by atoms with Crippen molar-refractivity contribution in [1.29, 1.82) is 0 Å². The number of rotatable bonds is 5. The monoisotopic (exact) mass is 390 g/mol. The van der Waals surface area contributed by atoms with E-state index in [1.807, 2.05) is 30.3 Å². The molecule has 1 saturated heterocycles. The highest BCUT2D eigenvalue weighted by molar-refractivity contribution is 5.89. The fraction of sp³-hybridized carbons (Fsp3) is 0.333. The van der Waals surface area contributed by atoms with Crippen LogP contribution in [0.5, 0.6) is 0 Å². The quantitative estimate of drug-likeness (QED) is 0.841. The van der Waals surface area contributed by atoms with Gasteiger partial charge >= 0.3 is 6.18 Å². The van der Waals surface area contributed by atoms with E-state index < -0.39 is 23.7 Å². The molecule has 2 aromatic carbocycles. The summed E-state index contributed by atoms with van der Waals surface area (Å²) < 4.78 is 38.6. The van der Waals surface area contributed by atoms with Gasteiger partial charge in [-0.15, -0.1) is 0 Å². The zero-order valence-corrected chi connectivity index (χ0v) is 15.4. The normalized spacial score (nSPS) is 18.2. The van der Waals surface area contributed by atoms with Crippen LogP contribution in [0.25, 0.3) is 0 Å². The van der Waals surface area contributed by atoms with Crippen LogP contribution in [-0.2, 0) is 22.3 Å². The third-order valence-electron chi connectivity index (χ3n) is 4.87. The number of likely N-dealkylation sites (tertiary alicyclic amines) is 1. The molecule has 1 aliphatic rings. The Morgan fingerprint density at radius 2 is 1.89 bits per heavy atom. The van der Waals surface area contributed by atoms with Gasteiger partial charge in [-0.25, -0.2) is 0 Å². The number of hydrogen-bond acceptors (Lipinski definition) is 2. The molecule has 7 heteroatoms. The summed E-state index contributed by atoms with van der Waals surface area (Å²) in [4.78, 5) is 26.4. The summed E-state index contributed by atoms with van der Waals surface area (Å²) in [6.07, 6.45) is -4.33. The third kappa shape index (κ3) is 4.71. The molecule has 148 valence electrons. The number of carbonyl (C=O) groups is 2. The molecule has 2 amide bonds. The van der Waals surface area contributed by atoms with Crippen molar-refractivity contribution in [1.82, 2.24) is 10.2 Å². The largest absolute Gasteiger partial charge is 0.416 e. The Kier molecular flexibility index (Phi) is 5.72. The maximum atomic E-state index is 12.9. The van der Waals surface area contributed by atoms with Crippen LogP contribution in [0.15, 0.2) is 54.6 Å². The molecule has 0 aliphatic carbocycles. The fourth-order valence-corrected chi connectivity index (χ4v) is 3.30. The van der Waals surface area contributed by atoms with E-state index in [2.05, 4.69) is 5.32 Å². The number of hydrogen-bond donors (Lipinski definition) is 1. The van der Waals surface area contributed by atoms with E-state index in [9.17, 15) is 22.8 Å². The van der Waals surface area contributed by atoms with Crippen molar-refractivity contribution in [3.05, 3.63) is 71.3 Å². The van der Waals surface area contributed by atoms with Crippen molar-refractivity contribution in [2.24, 2.45) is 5.92 Å². The molecule has 0 bridgehead atoms. The van der Waals surface area contributed by atoms with Gasteiger partial charge in [0.05, 0.1) is 17.5 Å². The SMILES string of the molecule is CC(NC(=O)C1CC(=O)N(Cc2ccccc2)C1)c1cccc(C(F)(F)F)c1. The molecule has 28 heavy (non-hydrogen) atoms. The van der Waals surface area contributed by atoms with Gasteiger partial charge in [-0.1, -0.05) is 42.5 Å². The van der Waals surface area contributed by atoms with Crippen LogP contribution in [0, 0.1) is 5.92 Å². The first-order valence-corrected chi connectivity index (χ1v) is 9.03. The van der Waals surface area contributed by atoms with E-state index in [1.54, 1.807) is 17.9 Å². The molecular formula is C21H21F3N2O2. The molecule has 0 aromatic heterocycles. The molecule has 1 heterocycles. The molecule has 4 nitrogen and oxygen atoms in total. The van der Waals surface area contributed by atoms with Gasteiger partial charge in [0.1, 0.15) is 0 Å². The number of benzene rings is 2. The van der Waals surface area contributed by atoms with Gasteiger partial charge in [0.25, 0.3) is 0 Å². The summed E-state index contributed by atoms with van der Waals surface area (Å²) >= 11 is 0. The van der Waals surface area contributed by atoms with E-state index in [0.717, 1.165) is 17.7 Å².